The summed E-state index contributed by atoms with van der Waals surface area (Å²) in [6.45, 7) is 1.64. The smallest absolute Gasteiger partial charge is 0.307 e. The Morgan fingerprint density at radius 2 is 2.10 bits per heavy atom. The van der Waals surface area contributed by atoms with Gasteiger partial charge < -0.3 is 10.4 Å². The largest absolute Gasteiger partial charge is 0.394 e. The van der Waals surface area contributed by atoms with Crippen molar-refractivity contribution in [2.75, 3.05) is 6.61 Å². The van der Waals surface area contributed by atoms with Crippen LogP contribution in [0.3, 0.4) is 0 Å². The third-order valence-corrected chi connectivity index (χ3v) is 4.07. The Bertz CT molecular complexity index is 648. The van der Waals surface area contributed by atoms with Crippen molar-refractivity contribution in [1.82, 2.24) is 9.88 Å². The summed E-state index contributed by atoms with van der Waals surface area (Å²) < 4.78 is 1.43. The van der Waals surface area contributed by atoms with Crippen LogP contribution in [-0.2, 0) is 17.8 Å². The van der Waals surface area contributed by atoms with Crippen molar-refractivity contribution < 1.29 is 9.90 Å². The average molecular weight is 306 g/mol. The SMILES string of the molecule is Cc1csc(=O)n1CC(=O)NC(CO)Cc1ccccc1. The lowest BCUT2D eigenvalue weighted by Gasteiger charge is -2.16. The third kappa shape index (κ3) is 4.27. The average Bonchev–Trinajstić information content (AvgIpc) is 2.79. The fraction of sp³-hybridized carbons (Fsp3) is 0.333. The zero-order chi connectivity index (χ0) is 15.2. The van der Waals surface area contributed by atoms with Gasteiger partial charge in [-0.05, 0) is 18.9 Å². The summed E-state index contributed by atoms with van der Waals surface area (Å²) in [5.41, 5.74) is 1.81. The lowest BCUT2D eigenvalue weighted by atomic mass is 10.1. The fourth-order valence-electron chi connectivity index (χ4n) is 2.07. The van der Waals surface area contributed by atoms with E-state index in [9.17, 15) is 14.7 Å². The number of nitrogens with zero attached hydrogens (tertiary/aromatic N) is 1. The van der Waals surface area contributed by atoms with Crippen molar-refractivity contribution in [2.24, 2.45) is 0 Å². The van der Waals surface area contributed by atoms with Gasteiger partial charge in [0.15, 0.2) is 0 Å². The lowest BCUT2D eigenvalue weighted by Crippen LogP contribution is -2.41. The highest BCUT2D eigenvalue weighted by Crippen LogP contribution is 2.04. The summed E-state index contributed by atoms with van der Waals surface area (Å²) >= 11 is 1.08. The number of amides is 1. The van der Waals surface area contributed by atoms with E-state index in [2.05, 4.69) is 5.32 Å². The number of benzene rings is 1. The Morgan fingerprint density at radius 3 is 2.67 bits per heavy atom. The van der Waals surface area contributed by atoms with E-state index in [1.54, 1.807) is 12.3 Å². The first-order valence-corrected chi connectivity index (χ1v) is 7.57. The Hall–Kier alpha value is -1.92. The van der Waals surface area contributed by atoms with Crippen LogP contribution in [0.15, 0.2) is 40.5 Å². The molecule has 1 amide bonds. The van der Waals surface area contributed by atoms with E-state index in [-0.39, 0.29) is 30.0 Å². The molecular weight excluding hydrogens is 288 g/mol. The van der Waals surface area contributed by atoms with E-state index in [0.717, 1.165) is 22.6 Å². The predicted octanol–water partition coefficient (Wildman–Crippen LogP) is 0.938. The zero-order valence-electron chi connectivity index (χ0n) is 11.8. The molecule has 2 rings (SSSR count). The fourth-order valence-corrected chi connectivity index (χ4v) is 2.81. The summed E-state index contributed by atoms with van der Waals surface area (Å²) in [6.07, 6.45) is 0.556. The van der Waals surface area contributed by atoms with Gasteiger partial charge in [0.2, 0.25) is 5.91 Å². The van der Waals surface area contributed by atoms with E-state index in [4.69, 9.17) is 0 Å². The Labute approximate surface area is 126 Å². The summed E-state index contributed by atoms with van der Waals surface area (Å²) in [4.78, 5) is 23.4. The van der Waals surface area contributed by atoms with E-state index in [1.165, 1.54) is 4.57 Å². The van der Waals surface area contributed by atoms with Gasteiger partial charge in [0, 0.05) is 11.1 Å². The molecule has 0 spiro atoms. The molecular formula is C15H18N2O3S. The van der Waals surface area contributed by atoms with Gasteiger partial charge in [-0.3, -0.25) is 14.2 Å². The molecule has 1 atom stereocenters. The molecule has 6 heteroatoms. The van der Waals surface area contributed by atoms with Gasteiger partial charge in [-0.2, -0.15) is 0 Å². The Morgan fingerprint density at radius 1 is 1.38 bits per heavy atom. The quantitative estimate of drug-likeness (QED) is 0.834. The molecule has 0 fully saturated rings. The molecule has 5 nitrogen and oxygen atoms in total. The number of aromatic nitrogens is 1. The van der Waals surface area contributed by atoms with Gasteiger partial charge >= 0.3 is 4.87 Å². The third-order valence-electron chi connectivity index (χ3n) is 3.19. The molecule has 2 N–H and O–H groups in total. The first kappa shape index (κ1) is 15.5. The van der Waals surface area contributed by atoms with Gasteiger partial charge in [0.05, 0.1) is 12.6 Å². The van der Waals surface area contributed by atoms with Gasteiger partial charge in [0.1, 0.15) is 6.54 Å². The number of carbonyl (C=O) groups is 1. The van der Waals surface area contributed by atoms with E-state index < -0.39 is 0 Å². The molecule has 1 aromatic carbocycles. The van der Waals surface area contributed by atoms with Crippen molar-refractivity contribution in [1.29, 1.82) is 0 Å². The van der Waals surface area contributed by atoms with E-state index in [0.29, 0.717) is 6.42 Å². The minimum Gasteiger partial charge on any atom is -0.394 e. The molecule has 0 radical (unpaired) electrons. The van der Waals surface area contributed by atoms with Gasteiger partial charge in [-0.15, -0.1) is 0 Å². The highest BCUT2D eigenvalue weighted by atomic mass is 32.1. The summed E-state index contributed by atoms with van der Waals surface area (Å²) in [5, 5.41) is 13.9. The van der Waals surface area contributed by atoms with Gasteiger partial charge in [0.25, 0.3) is 0 Å². The van der Waals surface area contributed by atoms with Crippen LogP contribution >= 0.6 is 11.3 Å². The number of aliphatic hydroxyl groups excluding tert-OH is 1. The minimum atomic E-state index is -0.352. The number of nitrogens with one attached hydrogen (secondary N) is 1. The van der Waals surface area contributed by atoms with Crippen LogP contribution < -0.4 is 10.2 Å². The van der Waals surface area contributed by atoms with Crippen molar-refractivity contribution in [3.63, 3.8) is 0 Å². The second-order valence-electron chi connectivity index (χ2n) is 4.87. The standard InChI is InChI=1S/C15H18N2O3S/c1-11-10-21-15(20)17(11)8-14(19)16-13(9-18)7-12-5-3-2-4-6-12/h2-6,10,13,18H,7-9H2,1H3,(H,16,19). The van der Waals surface area contributed by atoms with Crippen molar-refractivity contribution in [3.05, 3.63) is 56.6 Å². The lowest BCUT2D eigenvalue weighted by molar-refractivity contribution is -0.122. The van der Waals surface area contributed by atoms with Crippen molar-refractivity contribution in [3.8, 4) is 0 Å². The maximum Gasteiger partial charge on any atom is 0.307 e. The topological polar surface area (TPSA) is 71.3 Å². The molecule has 0 saturated carbocycles. The van der Waals surface area contributed by atoms with E-state index in [1.807, 2.05) is 30.3 Å². The zero-order valence-corrected chi connectivity index (χ0v) is 12.6. The maximum atomic E-state index is 12.0. The minimum absolute atomic E-state index is 0.0144. The Balaban J connectivity index is 1.95. The monoisotopic (exact) mass is 306 g/mol. The number of aliphatic hydroxyl groups is 1. The highest BCUT2D eigenvalue weighted by molar-refractivity contribution is 7.07. The number of thiazole rings is 1. The molecule has 0 aliphatic heterocycles. The highest BCUT2D eigenvalue weighted by Gasteiger charge is 2.14. The van der Waals surface area contributed by atoms with Crippen LogP contribution in [0.5, 0.6) is 0 Å². The van der Waals surface area contributed by atoms with Gasteiger partial charge in [-0.25, -0.2) is 0 Å². The maximum absolute atomic E-state index is 12.0. The molecule has 0 saturated heterocycles. The molecule has 0 aliphatic rings. The van der Waals surface area contributed by atoms with E-state index >= 15 is 0 Å². The van der Waals surface area contributed by atoms with Crippen LogP contribution in [0.4, 0.5) is 0 Å². The first-order chi connectivity index (χ1) is 10.1. The van der Waals surface area contributed by atoms with Crippen molar-refractivity contribution >= 4 is 17.2 Å². The van der Waals surface area contributed by atoms with Crippen LogP contribution in [0.25, 0.3) is 0 Å². The molecule has 0 bridgehead atoms. The van der Waals surface area contributed by atoms with Crippen molar-refractivity contribution in [2.45, 2.75) is 25.9 Å². The molecule has 0 aliphatic carbocycles. The number of carbonyl (C=O) groups excluding carboxylic acids is 1. The van der Waals surface area contributed by atoms with Gasteiger partial charge in [-0.1, -0.05) is 41.7 Å². The number of rotatable bonds is 6. The summed E-state index contributed by atoms with van der Waals surface area (Å²) in [7, 11) is 0. The molecule has 1 aromatic heterocycles. The normalized spacial score (nSPS) is 12.1. The molecule has 21 heavy (non-hydrogen) atoms. The van der Waals surface area contributed by atoms with Crippen LogP contribution in [0, 0.1) is 6.92 Å². The molecule has 112 valence electrons. The second kappa shape index (κ2) is 7.19. The Kier molecular flexibility index (Phi) is 5.30. The second-order valence-corrected chi connectivity index (χ2v) is 5.69. The number of hydrogen-bond donors (Lipinski definition) is 2. The first-order valence-electron chi connectivity index (χ1n) is 6.69. The van der Waals surface area contributed by atoms with Crippen LogP contribution in [-0.4, -0.2) is 28.2 Å². The van der Waals surface area contributed by atoms with Crippen LogP contribution in [0.1, 0.15) is 11.3 Å². The summed E-state index contributed by atoms with van der Waals surface area (Å²) in [6, 6.07) is 9.29. The predicted molar refractivity (Wildman–Crippen MR) is 82.5 cm³/mol. The number of aryl methyl sites for hydroxylation is 1. The molecule has 1 heterocycles. The van der Waals surface area contributed by atoms with Crippen LogP contribution in [0.2, 0.25) is 0 Å². The number of hydrogen-bond acceptors (Lipinski definition) is 4. The summed E-state index contributed by atoms with van der Waals surface area (Å²) in [5.74, 6) is -0.270. The molecule has 1 unspecified atom stereocenters. The molecule has 2 aromatic rings.